The first kappa shape index (κ1) is 15.5. The molecule has 1 aliphatic carbocycles. The van der Waals surface area contributed by atoms with E-state index in [1.807, 2.05) is 0 Å². The lowest BCUT2D eigenvalue weighted by molar-refractivity contribution is -0.116. The molecule has 0 radical (unpaired) electrons. The zero-order valence-corrected chi connectivity index (χ0v) is 12.1. The van der Waals surface area contributed by atoms with Crippen LogP contribution in [0.15, 0.2) is 23.0 Å². The number of allylic oxidation sites excluding steroid dienone is 2. The molecule has 0 aliphatic heterocycles. The lowest BCUT2D eigenvalue weighted by Gasteiger charge is -2.18. The van der Waals surface area contributed by atoms with Gasteiger partial charge in [0.05, 0.1) is 11.4 Å². The molecule has 0 heterocycles. The Labute approximate surface area is 115 Å². The highest BCUT2D eigenvalue weighted by Gasteiger charge is 2.25. The minimum atomic E-state index is -0.104. The fourth-order valence-electron chi connectivity index (χ4n) is 1.91. The third-order valence-electron chi connectivity index (χ3n) is 3.16. The maximum absolute atomic E-state index is 12.1. The zero-order valence-electron chi connectivity index (χ0n) is 12.1. The lowest BCUT2D eigenvalue weighted by atomic mass is 9.98. The quantitative estimate of drug-likeness (QED) is 0.520. The van der Waals surface area contributed by atoms with E-state index in [1.165, 1.54) is 6.08 Å². The summed E-state index contributed by atoms with van der Waals surface area (Å²) in [5.41, 5.74) is 1.40. The van der Waals surface area contributed by atoms with Gasteiger partial charge in [-0.2, -0.15) is 0 Å². The van der Waals surface area contributed by atoms with E-state index < -0.39 is 0 Å². The monoisotopic (exact) mass is 264 g/mol. The molecule has 0 unspecified atom stereocenters. The number of Topliss-reactive ketones (excluding diaryl/α,β-unsaturated/α-hetero) is 1. The topological polar surface area (TPSA) is 58.2 Å². The average molecular weight is 264 g/mol. The van der Waals surface area contributed by atoms with Crippen molar-refractivity contribution in [1.82, 2.24) is 10.6 Å². The van der Waals surface area contributed by atoms with Gasteiger partial charge in [-0.1, -0.05) is 26.7 Å². The molecule has 0 spiro atoms. The normalized spacial score (nSPS) is 15.6. The molecular weight excluding hydrogens is 240 g/mol. The summed E-state index contributed by atoms with van der Waals surface area (Å²) in [6.45, 7) is 7.35. The molecule has 0 aromatic rings. The molecule has 2 N–H and O–H groups in total. The lowest BCUT2D eigenvalue weighted by Crippen LogP contribution is -2.32. The molecule has 0 amide bonds. The standard InChI is InChI=1S/C15H24N2O2/c1-4-6-8-16-12-10-13(18)14(11(3)15(12)19)17-9-7-5-2/h10,16-17H,4-9H2,1-3H3. The van der Waals surface area contributed by atoms with Crippen LogP contribution in [-0.4, -0.2) is 24.7 Å². The second kappa shape index (κ2) is 7.77. The Morgan fingerprint density at radius 1 is 1.00 bits per heavy atom. The predicted molar refractivity (Wildman–Crippen MR) is 76.6 cm³/mol. The number of rotatable bonds is 8. The number of hydrogen-bond donors (Lipinski definition) is 2. The van der Waals surface area contributed by atoms with Crippen molar-refractivity contribution in [2.75, 3.05) is 13.1 Å². The molecule has 0 saturated heterocycles. The Balaban J connectivity index is 2.68. The Hall–Kier alpha value is -1.58. The molecule has 4 nitrogen and oxygen atoms in total. The van der Waals surface area contributed by atoms with Gasteiger partial charge in [0.25, 0.3) is 0 Å². The molecule has 106 valence electrons. The fourth-order valence-corrected chi connectivity index (χ4v) is 1.91. The summed E-state index contributed by atoms with van der Waals surface area (Å²) in [4.78, 5) is 24.1. The fraction of sp³-hybridized carbons (Fsp3) is 0.600. The van der Waals surface area contributed by atoms with Crippen molar-refractivity contribution in [3.63, 3.8) is 0 Å². The molecule has 4 heteroatoms. The highest BCUT2D eigenvalue weighted by Crippen LogP contribution is 2.15. The van der Waals surface area contributed by atoms with E-state index in [0.717, 1.165) is 38.8 Å². The van der Waals surface area contributed by atoms with Gasteiger partial charge in [0.1, 0.15) is 0 Å². The van der Waals surface area contributed by atoms with Crippen molar-refractivity contribution in [3.8, 4) is 0 Å². The summed E-state index contributed by atoms with van der Waals surface area (Å²) in [5, 5.41) is 6.13. The van der Waals surface area contributed by atoms with Crippen molar-refractivity contribution >= 4 is 11.6 Å². The second-order valence-corrected chi connectivity index (χ2v) is 4.81. The number of nitrogens with one attached hydrogen (secondary N) is 2. The van der Waals surface area contributed by atoms with E-state index in [4.69, 9.17) is 0 Å². The molecule has 0 atom stereocenters. The number of unbranched alkanes of at least 4 members (excludes halogenated alkanes) is 2. The van der Waals surface area contributed by atoms with Crippen LogP contribution in [0.3, 0.4) is 0 Å². The Bertz CT molecular complexity index is 408. The molecule has 19 heavy (non-hydrogen) atoms. The number of carbonyl (C=O) groups is 2. The summed E-state index contributed by atoms with van der Waals surface area (Å²) in [6, 6.07) is 0. The molecule has 0 aromatic heterocycles. The van der Waals surface area contributed by atoms with E-state index in [1.54, 1.807) is 6.92 Å². The third kappa shape index (κ3) is 4.23. The molecule has 0 aromatic carbocycles. The van der Waals surface area contributed by atoms with Gasteiger partial charge in [0.2, 0.25) is 11.6 Å². The summed E-state index contributed by atoms with van der Waals surface area (Å²) >= 11 is 0. The summed E-state index contributed by atoms with van der Waals surface area (Å²) in [6.07, 6.45) is 5.51. The van der Waals surface area contributed by atoms with Gasteiger partial charge in [-0.3, -0.25) is 9.59 Å². The van der Waals surface area contributed by atoms with E-state index in [-0.39, 0.29) is 11.6 Å². The molecular formula is C15H24N2O2. The van der Waals surface area contributed by atoms with E-state index >= 15 is 0 Å². The summed E-state index contributed by atoms with van der Waals surface area (Å²) < 4.78 is 0. The average Bonchev–Trinajstić information content (AvgIpc) is 2.39. The van der Waals surface area contributed by atoms with Crippen LogP contribution in [0.1, 0.15) is 46.5 Å². The Morgan fingerprint density at radius 2 is 1.58 bits per heavy atom. The van der Waals surface area contributed by atoms with Crippen molar-refractivity contribution in [3.05, 3.63) is 23.0 Å². The number of ketones is 2. The first-order valence-electron chi connectivity index (χ1n) is 7.11. The molecule has 0 fully saturated rings. The molecule has 1 rings (SSSR count). The minimum Gasteiger partial charge on any atom is -0.382 e. The van der Waals surface area contributed by atoms with Crippen molar-refractivity contribution in [2.45, 2.75) is 46.5 Å². The van der Waals surface area contributed by atoms with E-state index in [2.05, 4.69) is 24.5 Å². The SMILES string of the molecule is CCCCNC1=CC(=O)C(NCCCC)=C(C)C1=O. The van der Waals surface area contributed by atoms with Crippen molar-refractivity contribution in [1.29, 1.82) is 0 Å². The van der Waals surface area contributed by atoms with E-state index in [0.29, 0.717) is 17.0 Å². The Morgan fingerprint density at radius 3 is 2.16 bits per heavy atom. The highest BCUT2D eigenvalue weighted by molar-refractivity contribution is 6.21. The van der Waals surface area contributed by atoms with Gasteiger partial charge in [0.15, 0.2) is 0 Å². The third-order valence-corrected chi connectivity index (χ3v) is 3.16. The van der Waals surface area contributed by atoms with Gasteiger partial charge < -0.3 is 10.6 Å². The van der Waals surface area contributed by atoms with Gasteiger partial charge in [0, 0.05) is 24.7 Å². The maximum Gasteiger partial charge on any atom is 0.206 e. The van der Waals surface area contributed by atoms with Crippen LogP contribution in [0.25, 0.3) is 0 Å². The van der Waals surface area contributed by atoms with Gasteiger partial charge >= 0.3 is 0 Å². The van der Waals surface area contributed by atoms with Crippen molar-refractivity contribution in [2.24, 2.45) is 0 Å². The molecule has 1 aliphatic rings. The van der Waals surface area contributed by atoms with Crippen LogP contribution in [0.2, 0.25) is 0 Å². The van der Waals surface area contributed by atoms with Crippen LogP contribution in [0.4, 0.5) is 0 Å². The smallest absolute Gasteiger partial charge is 0.206 e. The van der Waals surface area contributed by atoms with Gasteiger partial charge in [-0.05, 0) is 19.8 Å². The summed E-state index contributed by atoms with van der Waals surface area (Å²) in [7, 11) is 0. The second-order valence-electron chi connectivity index (χ2n) is 4.81. The largest absolute Gasteiger partial charge is 0.382 e. The van der Waals surface area contributed by atoms with Crippen molar-refractivity contribution < 1.29 is 9.59 Å². The number of carbonyl (C=O) groups excluding carboxylic acids is 2. The van der Waals surface area contributed by atoms with Crippen LogP contribution >= 0.6 is 0 Å². The van der Waals surface area contributed by atoms with Crippen LogP contribution in [0, 0.1) is 0 Å². The zero-order chi connectivity index (χ0) is 14.3. The first-order valence-corrected chi connectivity index (χ1v) is 7.11. The molecule has 0 bridgehead atoms. The first-order chi connectivity index (χ1) is 9.11. The minimum absolute atomic E-state index is 0.0744. The number of hydrogen-bond acceptors (Lipinski definition) is 4. The summed E-state index contributed by atoms with van der Waals surface area (Å²) in [5.74, 6) is -0.179. The van der Waals surface area contributed by atoms with Crippen LogP contribution in [0.5, 0.6) is 0 Å². The van der Waals surface area contributed by atoms with E-state index in [9.17, 15) is 9.59 Å². The van der Waals surface area contributed by atoms with Gasteiger partial charge in [-0.15, -0.1) is 0 Å². The highest BCUT2D eigenvalue weighted by atomic mass is 16.1. The molecule has 0 saturated carbocycles. The van der Waals surface area contributed by atoms with Crippen LogP contribution in [-0.2, 0) is 9.59 Å². The van der Waals surface area contributed by atoms with Gasteiger partial charge in [-0.25, -0.2) is 0 Å². The predicted octanol–water partition coefficient (Wildman–Crippen LogP) is 2.08. The maximum atomic E-state index is 12.1. The van der Waals surface area contributed by atoms with Crippen LogP contribution < -0.4 is 10.6 Å². The Kier molecular flexibility index (Phi) is 6.33.